The van der Waals surface area contributed by atoms with Crippen molar-refractivity contribution in [2.75, 3.05) is 5.75 Å². The van der Waals surface area contributed by atoms with Gasteiger partial charge in [0.05, 0.1) is 0 Å². The minimum Gasteiger partial charge on any atom is -0.123 e. The van der Waals surface area contributed by atoms with E-state index >= 15 is 0 Å². The third kappa shape index (κ3) is 4.48. The van der Waals surface area contributed by atoms with Crippen LogP contribution in [0.2, 0.25) is 0 Å². The van der Waals surface area contributed by atoms with Crippen LogP contribution in [0.15, 0.2) is 0 Å². The van der Waals surface area contributed by atoms with Crippen LogP contribution < -0.4 is 0 Å². The first-order valence-corrected chi connectivity index (χ1v) is 13.0. The Bertz CT molecular complexity index is 269. The Morgan fingerprint density at radius 3 is 1.79 bits per heavy atom. The fraction of sp³-hybridized carbons (Fsp3) is 1.00. The fourth-order valence-electron chi connectivity index (χ4n) is 3.74. The Hall–Kier alpha value is 1.00. The van der Waals surface area contributed by atoms with Gasteiger partial charge in [-0.05, 0) is 49.2 Å². The van der Waals surface area contributed by atoms with E-state index in [-0.39, 0.29) is 0 Å². The molecule has 0 N–H and O–H groups in total. The number of rotatable bonds is 6. The number of unbranched alkanes of at least 4 members (excludes halogenated alkanes) is 1. The van der Waals surface area contributed by atoms with Crippen molar-refractivity contribution >= 4 is 28.4 Å². The molecule has 2 aliphatic rings. The van der Waals surface area contributed by atoms with E-state index in [4.69, 9.17) is 11.8 Å². The monoisotopic (exact) mass is 318 g/mol. The van der Waals surface area contributed by atoms with E-state index in [1.165, 1.54) is 82.8 Å². The predicted octanol–water partition coefficient (Wildman–Crippen LogP) is 6.58. The second-order valence-electron chi connectivity index (χ2n) is 6.42. The van der Waals surface area contributed by atoms with Crippen LogP contribution in [0.3, 0.4) is 0 Å². The van der Waals surface area contributed by atoms with Crippen LogP contribution in [-0.4, -0.2) is 17.1 Å². The Morgan fingerprint density at radius 2 is 1.37 bits per heavy atom. The molecule has 0 bridgehead atoms. The molecule has 0 spiro atoms. The third-order valence-electron chi connectivity index (χ3n) is 4.96. The van der Waals surface area contributed by atoms with Gasteiger partial charge in [-0.25, -0.2) is 0 Å². The second kappa shape index (κ2) is 8.44. The molecule has 0 aliphatic heterocycles. The highest BCUT2D eigenvalue weighted by atomic mass is 32.9. The Balaban J connectivity index is 2.03. The molecule has 0 unspecified atom stereocenters. The van der Waals surface area contributed by atoms with Gasteiger partial charge in [-0.2, -0.15) is 0 Å². The molecule has 0 aromatic heterocycles. The average molecular weight is 319 g/mol. The van der Waals surface area contributed by atoms with Gasteiger partial charge >= 0.3 is 0 Å². The zero-order valence-electron chi connectivity index (χ0n) is 12.6. The van der Waals surface area contributed by atoms with E-state index in [1.807, 2.05) is 0 Å². The summed E-state index contributed by atoms with van der Waals surface area (Å²) in [4.78, 5) is 0. The van der Waals surface area contributed by atoms with E-state index in [0.717, 1.165) is 11.3 Å². The standard InChI is InChI=1S/C16H31PS2/c1-2-3-14-19-17(18,15-10-6-4-7-11-15)16-12-8-5-9-13-16/h15-16H,2-14H2,1H3. The number of hydrogen-bond acceptors (Lipinski definition) is 2. The van der Waals surface area contributed by atoms with Gasteiger partial charge in [0.15, 0.2) is 0 Å². The summed E-state index contributed by atoms with van der Waals surface area (Å²) in [6.45, 7) is 2.31. The molecule has 0 saturated heterocycles. The van der Waals surface area contributed by atoms with Crippen LogP contribution in [0, 0.1) is 0 Å². The van der Waals surface area contributed by atoms with Gasteiger partial charge in [-0.1, -0.05) is 63.7 Å². The van der Waals surface area contributed by atoms with Gasteiger partial charge in [0.1, 0.15) is 0 Å². The fourth-order valence-corrected chi connectivity index (χ4v) is 13.3. The SMILES string of the molecule is CCCCSP(=S)(C1CCCCC1)C1CCCCC1. The van der Waals surface area contributed by atoms with Crippen LogP contribution in [0.25, 0.3) is 0 Å². The minimum atomic E-state index is -1.15. The zero-order valence-corrected chi connectivity index (χ0v) is 15.1. The van der Waals surface area contributed by atoms with E-state index < -0.39 is 5.24 Å². The summed E-state index contributed by atoms with van der Waals surface area (Å²) in [5.41, 5.74) is 1.89. The van der Waals surface area contributed by atoms with Crippen molar-refractivity contribution < 1.29 is 0 Å². The maximum atomic E-state index is 6.43. The third-order valence-corrected chi connectivity index (χ3v) is 15.2. The lowest BCUT2D eigenvalue weighted by Crippen LogP contribution is -2.22. The van der Waals surface area contributed by atoms with Crippen molar-refractivity contribution in [3.63, 3.8) is 0 Å². The van der Waals surface area contributed by atoms with Crippen LogP contribution in [-0.2, 0) is 11.8 Å². The molecule has 0 radical (unpaired) electrons. The van der Waals surface area contributed by atoms with Gasteiger partial charge < -0.3 is 0 Å². The van der Waals surface area contributed by atoms with E-state index in [9.17, 15) is 0 Å². The summed E-state index contributed by atoms with van der Waals surface area (Å²) in [5, 5.41) is -1.15. The first-order valence-electron chi connectivity index (χ1n) is 8.51. The topological polar surface area (TPSA) is 0 Å². The minimum absolute atomic E-state index is 0.946. The molecule has 2 aliphatic carbocycles. The first-order chi connectivity index (χ1) is 9.27. The van der Waals surface area contributed by atoms with Crippen molar-refractivity contribution in [1.29, 1.82) is 0 Å². The predicted molar refractivity (Wildman–Crippen MR) is 95.4 cm³/mol. The van der Waals surface area contributed by atoms with E-state index in [0.29, 0.717) is 0 Å². The largest absolute Gasteiger partial charge is 0.123 e. The van der Waals surface area contributed by atoms with Gasteiger partial charge in [0.25, 0.3) is 0 Å². The van der Waals surface area contributed by atoms with Crippen molar-refractivity contribution in [2.45, 2.75) is 95.3 Å². The molecule has 2 fully saturated rings. The quantitative estimate of drug-likeness (QED) is 0.401. The maximum absolute atomic E-state index is 6.43. The Labute approximate surface area is 129 Å². The zero-order chi connectivity index (χ0) is 13.6. The van der Waals surface area contributed by atoms with Crippen molar-refractivity contribution in [1.82, 2.24) is 0 Å². The van der Waals surface area contributed by atoms with Gasteiger partial charge in [0, 0.05) is 5.24 Å². The van der Waals surface area contributed by atoms with Gasteiger partial charge in [-0.15, -0.1) is 11.4 Å². The van der Waals surface area contributed by atoms with E-state index in [1.54, 1.807) is 0 Å². The van der Waals surface area contributed by atoms with E-state index in [2.05, 4.69) is 18.3 Å². The lowest BCUT2D eigenvalue weighted by molar-refractivity contribution is 0.488. The van der Waals surface area contributed by atoms with Crippen LogP contribution in [0.5, 0.6) is 0 Å². The molecule has 0 aromatic carbocycles. The molecule has 0 heterocycles. The Morgan fingerprint density at radius 1 is 0.895 bits per heavy atom. The molecule has 112 valence electrons. The Kier molecular flexibility index (Phi) is 7.28. The summed E-state index contributed by atoms with van der Waals surface area (Å²) in [7, 11) is 0. The highest BCUT2D eigenvalue weighted by Crippen LogP contribution is 2.71. The molecule has 2 rings (SSSR count). The summed E-state index contributed by atoms with van der Waals surface area (Å²) in [6, 6.07) is 0. The molecule has 0 amide bonds. The highest BCUT2D eigenvalue weighted by molar-refractivity contribution is 8.71. The highest BCUT2D eigenvalue weighted by Gasteiger charge is 2.37. The lowest BCUT2D eigenvalue weighted by Gasteiger charge is -2.41. The summed E-state index contributed by atoms with van der Waals surface area (Å²) in [5.74, 6) is 1.35. The summed E-state index contributed by atoms with van der Waals surface area (Å²) < 4.78 is 0. The summed E-state index contributed by atoms with van der Waals surface area (Å²) in [6.07, 6.45) is 17.4. The second-order valence-corrected chi connectivity index (χ2v) is 14.9. The van der Waals surface area contributed by atoms with Crippen molar-refractivity contribution in [3.8, 4) is 0 Å². The van der Waals surface area contributed by atoms with Crippen LogP contribution >= 0.6 is 16.6 Å². The van der Waals surface area contributed by atoms with Gasteiger partial charge in [0.2, 0.25) is 0 Å². The van der Waals surface area contributed by atoms with Crippen molar-refractivity contribution in [3.05, 3.63) is 0 Å². The molecule has 3 heteroatoms. The lowest BCUT2D eigenvalue weighted by atomic mass is 10.00. The summed E-state index contributed by atoms with van der Waals surface area (Å²) >= 11 is 8.72. The number of hydrogen-bond donors (Lipinski definition) is 0. The van der Waals surface area contributed by atoms with Crippen molar-refractivity contribution in [2.24, 2.45) is 0 Å². The molecule has 2 saturated carbocycles. The van der Waals surface area contributed by atoms with Crippen LogP contribution in [0.4, 0.5) is 0 Å². The molecule has 19 heavy (non-hydrogen) atoms. The molecule has 0 atom stereocenters. The molecule has 0 aromatic rings. The normalized spacial score (nSPS) is 23.6. The molecular formula is C16H31PS2. The molecular weight excluding hydrogens is 287 g/mol. The smallest absolute Gasteiger partial charge is 0.0124 e. The van der Waals surface area contributed by atoms with Gasteiger partial charge in [-0.3, -0.25) is 0 Å². The maximum Gasteiger partial charge on any atom is 0.0124 e. The molecule has 0 nitrogen and oxygen atoms in total. The average Bonchev–Trinajstić information content (AvgIpc) is 2.49. The van der Waals surface area contributed by atoms with Crippen LogP contribution in [0.1, 0.15) is 84.0 Å². The first kappa shape index (κ1) is 16.4.